The molecule has 5 heteroatoms. The standard InChI is InChI=1S/C14H19N3O2/c1-10-8-12(10)14(18)16-13-3-2-11(9-15-13)17-4-6-19-7-5-17/h2-3,9-10,12H,4-8H2,1H3,(H,15,16,18). The van der Waals surface area contributed by atoms with Gasteiger partial charge in [-0.3, -0.25) is 4.79 Å². The molecule has 3 rings (SSSR count). The predicted molar refractivity (Wildman–Crippen MR) is 73.2 cm³/mol. The van der Waals surface area contributed by atoms with Gasteiger partial charge in [-0.25, -0.2) is 4.98 Å². The van der Waals surface area contributed by atoms with E-state index in [4.69, 9.17) is 4.74 Å². The molecule has 2 aliphatic rings. The van der Waals surface area contributed by atoms with Gasteiger partial charge in [0.2, 0.25) is 5.91 Å². The van der Waals surface area contributed by atoms with E-state index in [2.05, 4.69) is 22.1 Å². The highest BCUT2D eigenvalue weighted by Gasteiger charge is 2.39. The fraction of sp³-hybridized carbons (Fsp3) is 0.571. The van der Waals surface area contributed by atoms with Gasteiger partial charge in [0.25, 0.3) is 0 Å². The Balaban J connectivity index is 1.60. The maximum Gasteiger partial charge on any atom is 0.228 e. The molecule has 1 aliphatic carbocycles. The van der Waals surface area contributed by atoms with Crippen LogP contribution in [0.5, 0.6) is 0 Å². The molecular weight excluding hydrogens is 242 g/mol. The molecule has 102 valence electrons. The number of carbonyl (C=O) groups excluding carboxylic acids is 1. The first kappa shape index (κ1) is 12.4. The highest BCUT2D eigenvalue weighted by molar-refractivity contribution is 5.93. The Bertz CT molecular complexity index is 454. The summed E-state index contributed by atoms with van der Waals surface area (Å²) in [7, 11) is 0. The third kappa shape index (κ3) is 2.87. The van der Waals surface area contributed by atoms with E-state index in [9.17, 15) is 4.79 Å². The normalized spacial score (nSPS) is 26.1. The number of ether oxygens (including phenoxy) is 1. The van der Waals surface area contributed by atoms with Gasteiger partial charge in [-0.1, -0.05) is 6.92 Å². The van der Waals surface area contributed by atoms with Crippen LogP contribution in [0.3, 0.4) is 0 Å². The molecule has 5 nitrogen and oxygen atoms in total. The number of rotatable bonds is 3. The lowest BCUT2D eigenvalue weighted by atomic mass is 10.3. The van der Waals surface area contributed by atoms with Crippen molar-refractivity contribution in [1.82, 2.24) is 4.98 Å². The van der Waals surface area contributed by atoms with Crippen molar-refractivity contribution in [1.29, 1.82) is 0 Å². The Labute approximate surface area is 113 Å². The third-order valence-corrected chi connectivity index (χ3v) is 3.82. The maximum absolute atomic E-state index is 11.8. The zero-order chi connectivity index (χ0) is 13.2. The number of morpholine rings is 1. The van der Waals surface area contributed by atoms with E-state index in [1.165, 1.54) is 0 Å². The van der Waals surface area contributed by atoms with Gasteiger partial charge in [-0.05, 0) is 24.5 Å². The van der Waals surface area contributed by atoms with E-state index < -0.39 is 0 Å². The molecule has 1 N–H and O–H groups in total. The molecule has 1 saturated carbocycles. The molecule has 19 heavy (non-hydrogen) atoms. The largest absolute Gasteiger partial charge is 0.378 e. The fourth-order valence-corrected chi connectivity index (χ4v) is 2.37. The minimum Gasteiger partial charge on any atom is -0.378 e. The number of nitrogens with one attached hydrogen (secondary N) is 1. The molecule has 2 unspecified atom stereocenters. The van der Waals surface area contributed by atoms with E-state index in [0.29, 0.717) is 11.7 Å². The van der Waals surface area contributed by atoms with Crippen molar-refractivity contribution >= 4 is 17.4 Å². The summed E-state index contributed by atoms with van der Waals surface area (Å²) in [4.78, 5) is 18.3. The summed E-state index contributed by atoms with van der Waals surface area (Å²) in [5.74, 6) is 1.44. The minimum absolute atomic E-state index is 0.0964. The van der Waals surface area contributed by atoms with Crippen LogP contribution in [0.15, 0.2) is 18.3 Å². The zero-order valence-corrected chi connectivity index (χ0v) is 11.1. The SMILES string of the molecule is CC1CC1C(=O)Nc1ccc(N2CCOCC2)cn1. The molecule has 1 amide bonds. The smallest absolute Gasteiger partial charge is 0.228 e. The summed E-state index contributed by atoms with van der Waals surface area (Å²) in [6.45, 7) is 5.41. The number of hydrogen-bond donors (Lipinski definition) is 1. The molecule has 0 aromatic carbocycles. The second kappa shape index (κ2) is 5.17. The van der Waals surface area contributed by atoms with E-state index in [1.807, 2.05) is 18.3 Å². The Morgan fingerprint density at radius 3 is 2.74 bits per heavy atom. The van der Waals surface area contributed by atoms with Crippen LogP contribution >= 0.6 is 0 Å². The quantitative estimate of drug-likeness (QED) is 0.896. The molecule has 1 aliphatic heterocycles. The van der Waals surface area contributed by atoms with Gasteiger partial charge in [0.05, 0.1) is 25.1 Å². The van der Waals surface area contributed by atoms with E-state index in [-0.39, 0.29) is 11.8 Å². The van der Waals surface area contributed by atoms with Gasteiger partial charge in [0.15, 0.2) is 0 Å². The lowest BCUT2D eigenvalue weighted by Crippen LogP contribution is -2.36. The van der Waals surface area contributed by atoms with E-state index in [1.54, 1.807) is 0 Å². The molecule has 0 bridgehead atoms. The number of carbonyl (C=O) groups is 1. The van der Waals surface area contributed by atoms with Crippen LogP contribution in [-0.4, -0.2) is 37.2 Å². The topological polar surface area (TPSA) is 54.5 Å². The average Bonchev–Trinajstić information content (AvgIpc) is 3.18. The highest BCUT2D eigenvalue weighted by Crippen LogP contribution is 2.38. The highest BCUT2D eigenvalue weighted by atomic mass is 16.5. The lowest BCUT2D eigenvalue weighted by Gasteiger charge is -2.28. The Morgan fingerprint density at radius 2 is 2.16 bits per heavy atom. The van der Waals surface area contributed by atoms with Gasteiger partial charge < -0.3 is 15.0 Å². The summed E-state index contributed by atoms with van der Waals surface area (Å²) in [6.07, 6.45) is 2.81. The summed E-state index contributed by atoms with van der Waals surface area (Å²) < 4.78 is 5.32. The molecule has 0 radical (unpaired) electrons. The second-order valence-corrected chi connectivity index (χ2v) is 5.31. The molecular formula is C14H19N3O2. The summed E-state index contributed by atoms with van der Waals surface area (Å²) in [6, 6.07) is 3.88. The molecule has 1 saturated heterocycles. The van der Waals surface area contributed by atoms with Crippen molar-refractivity contribution in [2.45, 2.75) is 13.3 Å². The summed E-state index contributed by atoms with van der Waals surface area (Å²) >= 11 is 0. The van der Waals surface area contributed by atoms with Gasteiger partial charge in [-0.2, -0.15) is 0 Å². The van der Waals surface area contributed by atoms with Gasteiger partial charge >= 0.3 is 0 Å². The summed E-state index contributed by atoms with van der Waals surface area (Å²) in [5.41, 5.74) is 1.08. The molecule has 2 heterocycles. The van der Waals surface area contributed by atoms with Crippen molar-refractivity contribution < 1.29 is 9.53 Å². The predicted octanol–water partition coefficient (Wildman–Crippen LogP) is 1.51. The van der Waals surface area contributed by atoms with Crippen LogP contribution in [0.4, 0.5) is 11.5 Å². The van der Waals surface area contributed by atoms with Crippen LogP contribution in [0.25, 0.3) is 0 Å². The van der Waals surface area contributed by atoms with Gasteiger partial charge in [0, 0.05) is 19.0 Å². The van der Waals surface area contributed by atoms with Crippen LogP contribution in [0.2, 0.25) is 0 Å². The second-order valence-electron chi connectivity index (χ2n) is 5.31. The number of pyridine rings is 1. The van der Waals surface area contributed by atoms with Crippen molar-refractivity contribution in [2.75, 3.05) is 36.5 Å². The number of nitrogens with zero attached hydrogens (tertiary/aromatic N) is 2. The molecule has 0 spiro atoms. The molecule has 2 fully saturated rings. The minimum atomic E-state index is 0.0964. The van der Waals surface area contributed by atoms with Crippen molar-refractivity contribution in [3.05, 3.63) is 18.3 Å². The monoisotopic (exact) mass is 261 g/mol. The number of hydrogen-bond acceptors (Lipinski definition) is 4. The Kier molecular flexibility index (Phi) is 3.38. The van der Waals surface area contributed by atoms with Crippen LogP contribution in [-0.2, 0) is 9.53 Å². The van der Waals surface area contributed by atoms with Crippen LogP contribution < -0.4 is 10.2 Å². The average molecular weight is 261 g/mol. The Hall–Kier alpha value is -1.62. The maximum atomic E-state index is 11.8. The first-order chi connectivity index (χ1) is 9.24. The van der Waals surface area contributed by atoms with Crippen LogP contribution in [0, 0.1) is 11.8 Å². The third-order valence-electron chi connectivity index (χ3n) is 3.82. The molecule has 1 aromatic heterocycles. The molecule has 2 atom stereocenters. The number of anilines is 2. The van der Waals surface area contributed by atoms with Gasteiger partial charge in [-0.15, -0.1) is 0 Å². The van der Waals surface area contributed by atoms with Crippen molar-refractivity contribution in [2.24, 2.45) is 11.8 Å². The zero-order valence-electron chi connectivity index (χ0n) is 11.1. The van der Waals surface area contributed by atoms with Crippen molar-refractivity contribution in [3.8, 4) is 0 Å². The first-order valence-electron chi connectivity index (χ1n) is 6.83. The van der Waals surface area contributed by atoms with E-state index >= 15 is 0 Å². The van der Waals surface area contributed by atoms with E-state index in [0.717, 1.165) is 38.4 Å². The van der Waals surface area contributed by atoms with Crippen molar-refractivity contribution in [3.63, 3.8) is 0 Å². The fourth-order valence-electron chi connectivity index (χ4n) is 2.37. The van der Waals surface area contributed by atoms with Gasteiger partial charge in [0.1, 0.15) is 5.82 Å². The Morgan fingerprint density at radius 1 is 1.42 bits per heavy atom. The summed E-state index contributed by atoms with van der Waals surface area (Å²) in [5, 5.41) is 2.87. The number of amides is 1. The number of aromatic nitrogens is 1. The lowest BCUT2D eigenvalue weighted by molar-refractivity contribution is -0.117. The molecule has 1 aromatic rings. The van der Waals surface area contributed by atoms with Crippen LogP contribution in [0.1, 0.15) is 13.3 Å². The first-order valence-corrected chi connectivity index (χ1v) is 6.83.